The molecule has 0 radical (unpaired) electrons. The van der Waals surface area contributed by atoms with Gasteiger partial charge in [0.05, 0.1) is 13.2 Å². The summed E-state index contributed by atoms with van der Waals surface area (Å²) in [6.45, 7) is 0. The van der Waals surface area contributed by atoms with Crippen LogP contribution in [0.2, 0.25) is 0 Å². The van der Waals surface area contributed by atoms with E-state index in [2.05, 4.69) is 37.2 Å². The van der Waals surface area contributed by atoms with Crippen LogP contribution < -0.4 is 10.1 Å². The van der Waals surface area contributed by atoms with E-state index in [1.807, 2.05) is 25.2 Å². The molecule has 0 fully saturated rings. The number of ether oxygens (including phenoxy) is 1. The Morgan fingerprint density at radius 3 is 2.30 bits per heavy atom. The molecule has 0 aliphatic rings. The number of halogens is 3. The van der Waals surface area contributed by atoms with Gasteiger partial charge in [0.25, 0.3) is 0 Å². The number of hydrogen-bond acceptors (Lipinski definition) is 2. The zero-order valence-electron chi connectivity index (χ0n) is 11.1. The Morgan fingerprint density at radius 2 is 1.75 bits per heavy atom. The van der Waals surface area contributed by atoms with Gasteiger partial charge in [-0.05, 0) is 49.0 Å². The minimum absolute atomic E-state index is 0.158. The van der Waals surface area contributed by atoms with Gasteiger partial charge in [-0.25, -0.2) is 4.39 Å². The monoisotopic (exact) mass is 401 g/mol. The second-order valence-corrected chi connectivity index (χ2v) is 6.14. The molecule has 1 atom stereocenters. The Bertz CT molecular complexity index is 599. The zero-order chi connectivity index (χ0) is 14.7. The van der Waals surface area contributed by atoms with Crippen LogP contribution in [0.15, 0.2) is 45.3 Å². The summed E-state index contributed by atoms with van der Waals surface area (Å²) < 4.78 is 20.8. The van der Waals surface area contributed by atoms with Gasteiger partial charge in [-0.1, -0.05) is 31.9 Å². The fourth-order valence-corrected chi connectivity index (χ4v) is 3.50. The smallest absolute Gasteiger partial charge is 0.124 e. The Hall–Kier alpha value is -0.910. The Balaban J connectivity index is 2.54. The summed E-state index contributed by atoms with van der Waals surface area (Å²) in [5.41, 5.74) is 1.78. The van der Waals surface area contributed by atoms with E-state index in [1.165, 1.54) is 12.1 Å². The first kappa shape index (κ1) is 15.5. The van der Waals surface area contributed by atoms with E-state index < -0.39 is 0 Å². The summed E-state index contributed by atoms with van der Waals surface area (Å²) in [5.74, 6) is 0.372. The third-order valence-electron chi connectivity index (χ3n) is 3.01. The molecule has 0 saturated heterocycles. The minimum atomic E-state index is -0.282. The highest BCUT2D eigenvalue weighted by Crippen LogP contribution is 2.33. The van der Waals surface area contributed by atoms with Crippen molar-refractivity contribution in [2.75, 3.05) is 14.2 Å². The molecule has 0 bridgehead atoms. The van der Waals surface area contributed by atoms with E-state index in [4.69, 9.17) is 4.74 Å². The van der Waals surface area contributed by atoms with Crippen molar-refractivity contribution in [2.45, 2.75) is 6.04 Å². The van der Waals surface area contributed by atoms with E-state index in [9.17, 15) is 4.39 Å². The summed E-state index contributed by atoms with van der Waals surface area (Å²) in [6.07, 6.45) is 0. The quantitative estimate of drug-likeness (QED) is 0.802. The van der Waals surface area contributed by atoms with Gasteiger partial charge in [0.2, 0.25) is 0 Å². The van der Waals surface area contributed by atoms with Gasteiger partial charge >= 0.3 is 0 Å². The normalized spacial score (nSPS) is 12.2. The molecule has 0 spiro atoms. The molecule has 20 heavy (non-hydrogen) atoms. The number of methoxy groups -OCH3 is 1. The van der Waals surface area contributed by atoms with Crippen LogP contribution in [-0.4, -0.2) is 14.2 Å². The van der Waals surface area contributed by atoms with Crippen LogP contribution in [0.3, 0.4) is 0 Å². The summed E-state index contributed by atoms with van der Waals surface area (Å²) >= 11 is 6.94. The van der Waals surface area contributed by atoms with Gasteiger partial charge in [-0.15, -0.1) is 0 Å². The first-order valence-corrected chi connectivity index (χ1v) is 7.60. The average molecular weight is 403 g/mol. The van der Waals surface area contributed by atoms with Crippen molar-refractivity contribution in [2.24, 2.45) is 0 Å². The molecule has 0 aliphatic heterocycles. The third kappa shape index (κ3) is 3.40. The van der Waals surface area contributed by atoms with Crippen molar-refractivity contribution in [3.05, 3.63) is 62.3 Å². The number of rotatable bonds is 4. The molecule has 2 aromatic carbocycles. The van der Waals surface area contributed by atoms with Crippen molar-refractivity contribution in [1.29, 1.82) is 0 Å². The van der Waals surface area contributed by atoms with E-state index >= 15 is 0 Å². The topological polar surface area (TPSA) is 21.3 Å². The standard InChI is InChI=1S/C15H14Br2FNO/c1-19-15(9-5-10(16)7-11(17)6-9)13-8-12(18)3-4-14(13)20-2/h3-8,15,19H,1-2H3. The third-order valence-corrected chi connectivity index (χ3v) is 3.93. The Labute approximate surface area is 134 Å². The van der Waals surface area contributed by atoms with Crippen LogP contribution in [-0.2, 0) is 0 Å². The van der Waals surface area contributed by atoms with Crippen LogP contribution >= 0.6 is 31.9 Å². The molecule has 0 aliphatic carbocycles. The second-order valence-electron chi connectivity index (χ2n) is 4.31. The van der Waals surface area contributed by atoms with E-state index in [0.717, 1.165) is 20.1 Å². The molecule has 2 aromatic rings. The summed E-state index contributed by atoms with van der Waals surface area (Å²) in [6, 6.07) is 10.3. The van der Waals surface area contributed by atoms with Gasteiger partial charge in [-0.3, -0.25) is 0 Å². The lowest BCUT2D eigenvalue weighted by Gasteiger charge is -2.20. The maximum atomic E-state index is 13.6. The maximum absolute atomic E-state index is 13.6. The largest absolute Gasteiger partial charge is 0.496 e. The first-order chi connectivity index (χ1) is 9.55. The minimum Gasteiger partial charge on any atom is -0.496 e. The molecule has 2 nitrogen and oxygen atoms in total. The highest BCUT2D eigenvalue weighted by molar-refractivity contribution is 9.11. The van der Waals surface area contributed by atoms with Gasteiger partial charge < -0.3 is 10.1 Å². The molecule has 5 heteroatoms. The molecular weight excluding hydrogens is 389 g/mol. The van der Waals surface area contributed by atoms with Gasteiger partial charge in [-0.2, -0.15) is 0 Å². The maximum Gasteiger partial charge on any atom is 0.124 e. The molecule has 1 unspecified atom stereocenters. The highest BCUT2D eigenvalue weighted by Gasteiger charge is 2.18. The molecule has 0 amide bonds. The molecule has 0 heterocycles. The zero-order valence-corrected chi connectivity index (χ0v) is 14.3. The second kappa shape index (κ2) is 6.70. The molecule has 1 N–H and O–H groups in total. The number of nitrogens with one attached hydrogen (secondary N) is 1. The lowest BCUT2D eigenvalue weighted by molar-refractivity contribution is 0.404. The lowest BCUT2D eigenvalue weighted by Crippen LogP contribution is -2.18. The van der Waals surface area contributed by atoms with Gasteiger partial charge in [0, 0.05) is 14.5 Å². The Kier molecular flexibility index (Phi) is 5.18. The molecule has 0 saturated carbocycles. The molecular formula is C15H14Br2FNO. The van der Waals surface area contributed by atoms with Crippen LogP contribution in [0.25, 0.3) is 0 Å². The van der Waals surface area contributed by atoms with Crippen molar-refractivity contribution in [3.63, 3.8) is 0 Å². The van der Waals surface area contributed by atoms with E-state index in [-0.39, 0.29) is 11.9 Å². The lowest BCUT2D eigenvalue weighted by atomic mass is 9.98. The van der Waals surface area contributed by atoms with E-state index in [1.54, 1.807) is 13.2 Å². The number of benzene rings is 2. The number of hydrogen-bond donors (Lipinski definition) is 1. The van der Waals surface area contributed by atoms with Gasteiger partial charge in [0.1, 0.15) is 11.6 Å². The first-order valence-electron chi connectivity index (χ1n) is 6.02. The molecule has 0 aromatic heterocycles. The summed E-state index contributed by atoms with van der Waals surface area (Å²) in [7, 11) is 3.42. The fraction of sp³-hybridized carbons (Fsp3) is 0.200. The molecule has 106 valence electrons. The van der Waals surface area contributed by atoms with Crippen molar-refractivity contribution < 1.29 is 9.13 Å². The predicted octanol–water partition coefficient (Wildman–Crippen LogP) is 4.67. The molecule has 2 rings (SSSR count). The van der Waals surface area contributed by atoms with Crippen molar-refractivity contribution in [3.8, 4) is 5.75 Å². The fourth-order valence-electron chi connectivity index (χ4n) is 2.17. The Morgan fingerprint density at radius 1 is 1.10 bits per heavy atom. The van der Waals surface area contributed by atoms with Crippen LogP contribution in [0.1, 0.15) is 17.2 Å². The van der Waals surface area contributed by atoms with Crippen molar-refractivity contribution >= 4 is 31.9 Å². The summed E-state index contributed by atoms with van der Waals surface area (Å²) in [5, 5.41) is 3.20. The highest BCUT2D eigenvalue weighted by atomic mass is 79.9. The van der Waals surface area contributed by atoms with Crippen LogP contribution in [0, 0.1) is 5.82 Å². The predicted molar refractivity (Wildman–Crippen MR) is 85.7 cm³/mol. The van der Waals surface area contributed by atoms with Crippen LogP contribution in [0.4, 0.5) is 4.39 Å². The average Bonchev–Trinajstić information content (AvgIpc) is 2.39. The van der Waals surface area contributed by atoms with Crippen molar-refractivity contribution in [1.82, 2.24) is 5.32 Å². The SMILES string of the molecule is CNC(c1cc(Br)cc(Br)c1)c1cc(F)ccc1OC. The van der Waals surface area contributed by atoms with Gasteiger partial charge in [0.15, 0.2) is 0 Å². The summed E-state index contributed by atoms with van der Waals surface area (Å²) in [4.78, 5) is 0. The van der Waals surface area contributed by atoms with E-state index in [0.29, 0.717) is 5.75 Å². The van der Waals surface area contributed by atoms with Crippen LogP contribution in [0.5, 0.6) is 5.75 Å².